The Kier molecular flexibility index (Phi) is 11.1. The molecule has 2 aromatic carbocycles. The third-order valence-electron chi connectivity index (χ3n) is 5.48. The van der Waals surface area contributed by atoms with Gasteiger partial charge in [-0.2, -0.15) is 0 Å². The molecule has 35 heavy (non-hydrogen) atoms. The van der Waals surface area contributed by atoms with Crippen LogP contribution in [0.1, 0.15) is 37.8 Å². The molecule has 2 aromatic rings. The fraction of sp³-hybridized carbons (Fsp3) is 0.280. The second-order valence-electron chi connectivity index (χ2n) is 7.36. The number of carbonyl (C=O) groups excluding carboxylic acids is 2. The van der Waals surface area contributed by atoms with E-state index in [0.29, 0.717) is 23.5 Å². The van der Waals surface area contributed by atoms with Gasteiger partial charge >= 0.3 is 5.97 Å². The molecule has 0 aliphatic carbocycles. The van der Waals surface area contributed by atoms with Gasteiger partial charge in [-0.15, -0.1) is 12.4 Å². The molecule has 0 spiro atoms. The van der Waals surface area contributed by atoms with Crippen molar-refractivity contribution >= 4 is 30.0 Å². The van der Waals surface area contributed by atoms with Crippen LogP contribution in [0.4, 0.5) is 5.69 Å². The van der Waals surface area contributed by atoms with Crippen LogP contribution in [0.5, 0.6) is 0 Å². The molecule has 1 aliphatic rings. The predicted octanol–water partition coefficient (Wildman–Crippen LogP) is 3.05. The van der Waals surface area contributed by atoms with Crippen molar-refractivity contribution in [3.05, 3.63) is 98.4 Å². The molecule has 10 heteroatoms. The van der Waals surface area contributed by atoms with Crippen LogP contribution in [0.25, 0.3) is 0 Å². The molecule has 0 aromatic heterocycles. The first-order valence-electron chi connectivity index (χ1n) is 10.7. The first-order valence-corrected chi connectivity index (χ1v) is 10.7. The summed E-state index contributed by atoms with van der Waals surface area (Å²) in [5.41, 5.74) is 6.43. The first-order chi connectivity index (χ1) is 16.3. The summed E-state index contributed by atoms with van der Waals surface area (Å²) in [5.74, 6) is -3.19. The Balaban J connectivity index is 0.00000199. The van der Waals surface area contributed by atoms with Gasteiger partial charge in [0.2, 0.25) is 0 Å². The summed E-state index contributed by atoms with van der Waals surface area (Å²) in [6, 6.07) is 15.0. The Morgan fingerprint density at radius 1 is 1.03 bits per heavy atom. The number of carboxylic acids is 1. The number of non-ortho nitro benzene ring substituents is 1. The summed E-state index contributed by atoms with van der Waals surface area (Å²) in [6.07, 6.45) is 0. The molecular formula is C25H29ClN3O6-. The average molecular weight is 503 g/mol. The molecular weight excluding hydrogens is 474 g/mol. The van der Waals surface area contributed by atoms with Crippen LogP contribution in [0.3, 0.4) is 0 Å². The zero-order valence-corrected chi connectivity index (χ0v) is 20.8. The molecule has 1 aliphatic heterocycles. The van der Waals surface area contributed by atoms with E-state index in [1.165, 1.54) is 25.2 Å². The minimum absolute atomic E-state index is 0. The first kappa shape index (κ1) is 29.3. The minimum atomic E-state index is -1.45. The molecule has 0 bridgehead atoms. The molecule has 1 unspecified atom stereocenters. The molecule has 3 rings (SSSR count). The summed E-state index contributed by atoms with van der Waals surface area (Å²) < 4.78 is 5.25. The average Bonchev–Trinajstić information content (AvgIpc) is 2.83. The van der Waals surface area contributed by atoms with E-state index in [2.05, 4.69) is 5.73 Å². The van der Waals surface area contributed by atoms with Gasteiger partial charge < -0.3 is 25.3 Å². The highest BCUT2D eigenvalue weighted by atomic mass is 35.5. The van der Waals surface area contributed by atoms with Crippen molar-refractivity contribution in [2.75, 3.05) is 13.7 Å². The van der Waals surface area contributed by atoms with E-state index in [0.717, 1.165) is 5.56 Å². The van der Waals surface area contributed by atoms with Gasteiger partial charge in [0.05, 0.1) is 23.1 Å². The van der Waals surface area contributed by atoms with Gasteiger partial charge in [0.15, 0.2) is 0 Å². The zero-order chi connectivity index (χ0) is 25.4. The number of carboxylic acid groups (broad SMARTS) is 1. The lowest BCUT2D eigenvalue weighted by molar-refractivity contribution is -0.384. The number of hydrogen-bond acceptors (Lipinski definition) is 8. The summed E-state index contributed by atoms with van der Waals surface area (Å²) in [4.78, 5) is 37.8. The number of allylic oxidation sites excluding steroid dienone is 2. The lowest BCUT2D eigenvalue weighted by Crippen LogP contribution is -2.38. The number of benzene rings is 2. The summed E-state index contributed by atoms with van der Waals surface area (Å²) in [6.45, 7) is 5.44. The molecule has 188 valence electrons. The highest BCUT2D eigenvalue weighted by Crippen LogP contribution is 2.43. The molecule has 2 N–H and O–H groups in total. The summed E-state index contributed by atoms with van der Waals surface area (Å²) in [7, 11) is 1.50. The van der Waals surface area contributed by atoms with Crippen LogP contribution in [0.2, 0.25) is 0 Å². The van der Waals surface area contributed by atoms with Gasteiger partial charge in [0.1, 0.15) is 0 Å². The Labute approximate surface area is 210 Å². The molecule has 1 heterocycles. The van der Waals surface area contributed by atoms with Crippen LogP contribution in [0, 0.1) is 10.1 Å². The highest BCUT2D eigenvalue weighted by Gasteiger charge is 2.38. The van der Waals surface area contributed by atoms with Crippen LogP contribution in [-0.2, 0) is 20.9 Å². The second-order valence-corrected chi connectivity index (χ2v) is 7.36. The van der Waals surface area contributed by atoms with Crippen molar-refractivity contribution in [2.24, 2.45) is 5.73 Å². The van der Waals surface area contributed by atoms with Crippen LogP contribution >= 0.6 is 12.4 Å². The Morgan fingerprint density at radius 3 is 2.17 bits per heavy atom. The molecule has 0 fully saturated rings. The van der Waals surface area contributed by atoms with E-state index < -0.39 is 22.8 Å². The van der Waals surface area contributed by atoms with E-state index in [4.69, 9.17) is 4.74 Å². The van der Waals surface area contributed by atoms with Gasteiger partial charge in [0, 0.05) is 41.6 Å². The normalized spacial score (nSPS) is 15.0. The number of carbonyl (C=O) groups is 2. The van der Waals surface area contributed by atoms with E-state index in [-0.39, 0.29) is 35.8 Å². The fourth-order valence-corrected chi connectivity index (χ4v) is 4.00. The van der Waals surface area contributed by atoms with Crippen molar-refractivity contribution in [3.8, 4) is 0 Å². The highest BCUT2D eigenvalue weighted by molar-refractivity contribution is 5.98. The fourth-order valence-electron chi connectivity index (χ4n) is 4.00. The standard InChI is InChI=1S/C24H24N2O6.CH5N.ClH/c1-4-32-24(29)21-16(3)25(14-17-9-6-5-7-10-17)15(2)20(23(27)28)22(21)18-11-8-12-19(13-18)26(30)31;1-2;/h5-13,22H,4,14H2,1-3H3,(H,27,28);2H2,1H3;1H/p-1. The van der Waals surface area contributed by atoms with E-state index in [9.17, 15) is 24.8 Å². The number of aliphatic carboxylic acids is 1. The topological polar surface area (TPSA) is 139 Å². The van der Waals surface area contributed by atoms with Crippen molar-refractivity contribution in [3.63, 3.8) is 0 Å². The smallest absolute Gasteiger partial charge is 0.336 e. The number of nitrogens with zero attached hydrogens (tertiary/aromatic N) is 2. The maximum Gasteiger partial charge on any atom is 0.336 e. The lowest BCUT2D eigenvalue weighted by atomic mass is 9.79. The number of ether oxygens (including phenoxy) is 1. The molecule has 0 amide bonds. The number of halogens is 1. The number of nitrogens with two attached hydrogens (primary N) is 1. The van der Waals surface area contributed by atoms with E-state index in [1.807, 2.05) is 30.3 Å². The van der Waals surface area contributed by atoms with E-state index in [1.54, 1.807) is 31.7 Å². The maximum atomic E-state index is 13.0. The van der Waals surface area contributed by atoms with Crippen LogP contribution in [0.15, 0.2) is 77.1 Å². The zero-order valence-electron chi connectivity index (χ0n) is 20.0. The third kappa shape index (κ3) is 6.46. The number of rotatable bonds is 7. The van der Waals surface area contributed by atoms with Gasteiger partial charge in [0.25, 0.3) is 5.69 Å². The summed E-state index contributed by atoms with van der Waals surface area (Å²) >= 11 is 0. The molecule has 0 saturated heterocycles. The lowest BCUT2D eigenvalue weighted by Gasteiger charge is -2.39. The Hall–Kier alpha value is -3.69. The van der Waals surface area contributed by atoms with Crippen molar-refractivity contribution in [1.29, 1.82) is 0 Å². The van der Waals surface area contributed by atoms with Crippen LogP contribution in [-0.4, -0.2) is 35.4 Å². The monoisotopic (exact) mass is 502 g/mol. The second kappa shape index (κ2) is 13.3. The van der Waals surface area contributed by atoms with Crippen molar-refractivity contribution in [2.45, 2.75) is 33.2 Å². The van der Waals surface area contributed by atoms with Gasteiger partial charge in [-0.25, -0.2) is 4.79 Å². The number of nitro groups is 1. The predicted molar refractivity (Wildman–Crippen MR) is 132 cm³/mol. The Morgan fingerprint density at radius 2 is 1.63 bits per heavy atom. The molecule has 1 atom stereocenters. The summed E-state index contributed by atoms with van der Waals surface area (Å²) in [5, 5.41) is 23.6. The van der Waals surface area contributed by atoms with Gasteiger partial charge in [-0.05, 0) is 38.9 Å². The van der Waals surface area contributed by atoms with Crippen molar-refractivity contribution < 1.29 is 24.4 Å². The minimum Gasteiger partial charge on any atom is -0.545 e. The molecule has 0 saturated carbocycles. The largest absolute Gasteiger partial charge is 0.545 e. The van der Waals surface area contributed by atoms with E-state index >= 15 is 0 Å². The van der Waals surface area contributed by atoms with Crippen molar-refractivity contribution in [1.82, 2.24) is 4.90 Å². The Bertz CT molecular complexity index is 1130. The maximum absolute atomic E-state index is 13.0. The van der Waals surface area contributed by atoms with Gasteiger partial charge in [-0.3, -0.25) is 10.1 Å². The molecule has 9 nitrogen and oxygen atoms in total. The third-order valence-corrected chi connectivity index (χ3v) is 5.48. The van der Waals surface area contributed by atoms with Gasteiger partial charge in [-0.1, -0.05) is 42.5 Å². The number of esters is 1. The van der Waals surface area contributed by atoms with Crippen LogP contribution < -0.4 is 10.8 Å². The molecule has 0 radical (unpaired) electrons. The number of hydrogen-bond donors (Lipinski definition) is 1. The SMILES string of the molecule is CCOC(=O)C1=C(C)N(Cc2ccccc2)C(C)=C(C(=O)[O-])C1c1cccc([N+](=O)[O-])c1.CN.Cl. The number of nitro benzene ring substituents is 1. The quantitative estimate of drug-likeness (QED) is 0.346.